The number of carbonyl (C=O) groups excluding carboxylic acids is 1. The average Bonchev–Trinajstić information content (AvgIpc) is 2.81. The summed E-state index contributed by atoms with van der Waals surface area (Å²) in [4.78, 5) is 24.7. The van der Waals surface area contributed by atoms with Crippen molar-refractivity contribution in [1.29, 1.82) is 0 Å². The summed E-state index contributed by atoms with van der Waals surface area (Å²) >= 11 is 0. The van der Waals surface area contributed by atoms with E-state index in [0.29, 0.717) is 25.9 Å². The number of likely N-dealkylation sites (tertiary alicyclic amines) is 1. The van der Waals surface area contributed by atoms with Gasteiger partial charge in [0.2, 0.25) is 5.91 Å². The molecule has 1 aliphatic carbocycles. The predicted molar refractivity (Wildman–Crippen MR) is 58.9 cm³/mol. The Labute approximate surface area is 95.6 Å². The van der Waals surface area contributed by atoms with Gasteiger partial charge in [-0.1, -0.05) is 12.8 Å². The Morgan fingerprint density at radius 2 is 1.50 bits per heavy atom. The van der Waals surface area contributed by atoms with Gasteiger partial charge in [0.1, 0.15) is 0 Å². The van der Waals surface area contributed by atoms with E-state index in [-0.39, 0.29) is 17.7 Å². The SMILES string of the molecule is O=C(O)C1CCN(C(=O)C2CCCC2)CC1. The van der Waals surface area contributed by atoms with Crippen molar-refractivity contribution in [3.63, 3.8) is 0 Å². The molecule has 1 saturated heterocycles. The smallest absolute Gasteiger partial charge is 0.306 e. The summed E-state index contributed by atoms with van der Waals surface area (Å²) in [7, 11) is 0. The van der Waals surface area contributed by atoms with Gasteiger partial charge in [-0.2, -0.15) is 0 Å². The first-order chi connectivity index (χ1) is 7.68. The standard InChI is InChI=1S/C12H19NO3/c14-11(9-3-1-2-4-9)13-7-5-10(6-8-13)12(15)16/h9-10H,1-8H2,(H,15,16). The van der Waals surface area contributed by atoms with Crippen LogP contribution >= 0.6 is 0 Å². The molecule has 1 saturated carbocycles. The fourth-order valence-corrected chi connectivity index (χ4v) is 2.78. The van der Waals surface area contributed by atoms with E-state index in [0.717, 1.165) is 12.8 Å². The van der Waals surface area contributed by atoms with E-state index in [1.54, 1.807) is 0 Å². The maximum atomic E-state index is 12.1. The lowest BCUT2D eigenvalue weighted by atomic mass is 9.95. The molecule has 90 valence electrons. The highest BCUT2D eigenvalue weighted by Crippen LogP contribution is 2.28. The van der Waals surface area contributed by atoms with Crippen LogP contribution in [0.2, 0.25) is 0 Å². The summed E-state index contributed by atoms with van der Waals surface area (Å²) in [6.45, 7) is 1.26. The van der Waals surface area contributed by atoms with Crippen molar-refractivity contribution in [3.8, 4) is 0 Å². The maximum Gasteiger partial charge on any atom is 0.306 e. The van der Waals surface area contributed by atoms with E-state index in [4.69, 9.17) is 5.11 Å². The van der Waals surface area contributed by atoms with Crippen LogP contribution in [-0.2, 0) is 9.59 Å². The van der Waals surface area contributed by atoms with Crippen LogP contribution in [0.25, 0.3) is 0 Å². The number of aliphatic carboxylic acids is 1. The zero-order chi connectivity index (χ0) is 11.5. The number of carboxylic acid groups (broad SMARTS) is 1. The van der Waals surface area contributed by atoms with Crippen LogP contribution in [0.4, 0.5) is 0 Å². The largest absolute Gasteiger partial charge is 0.481 e. The molecule has 16 heavy (non-hydrogen) atoms. The van der Waals surface area contributed by atoms with Crippen molar-refractivity contribution >= 4 is 11.9 Å². The minimum Gasteiger partial charge on any atom is -0.481 e. The van der Waals surface area contributed by atoms with Crippen LogP contribution in [0.5, 0.6) is 0 Å². The molecule has 2 fully saturated rings. The first-order valence-electron chi connectivity index (χ1n) is 6.20. The van der Waals surface area contributed by atoms with Gasteiger partial charge in [-0.25, -0.2) is 0 Å². The second-order valence-electron chi connectivity index (χ2n) is 4.92. The van der Waals surface area contributed by atoms with E-state index in [2.05, 4.69) is 0 Å². The molecule has 2 aliphatic rings. The molecule has 0 aromatic carbocycles. The molecular weight excluding hydrogens is 206 g/mol. The van der Waals surface area contributed by atoms with Crippen molar-refractivity contribution in [3.05, 3.63) is 0 Å². The Hall–Kier alpha value is -1.06. The topological polar surface area (TPSA) is 57.6 Å². The molecular formula is C12H19NO3. The van der Waals surface area contributed by atoms with Crippen molar-refractivity contribution in [2.45, 2.75) is 38.5 Å². The zero-order valence-electron chi connectivity index (χ0n) is 9.52. The molecule has 2 rings (SSSR count). The molecule has 0 aromatic rings. The minimum atomic E-state index is -0.715. The molecule has 1 heterocycles. The van der Waals surface area contributed by atoms with Gasteiger partial charge in [-0.15, -0.1) is 0 Å². The third-order valence-corrected chi connectivity index (χ3v) is 3.86. The van der Waals surface area contributed by atoms with E-state index >= 15 is 0 Å². The van der Waals surface area contributed by atoms with Crippen LogP contribution in [0.15, 0.2) is 0 Å². The molecule has 1 amide bonds. The van der Waals surface area contributed by atoms with E-state index in [1.807, 2.05) is 4.90 Å². The molecule has 4 nitrogen and oxygen atoms in total. The number of carboxylic acids is 1. The lowest BCUT2D eigenvalue weighted by Crippen LogP contribution is -2.42. The second-order valence-corrected chi connectivity index (χ2v) is 4.92. The lowest BCUT2D eigenvalue weighted by Gasteiger charge is -2.31. The number of rotatable bonds is 2. The normalized spacial score (nSPS) is 23.6. The third-order valence-electron chi connectivity index (χ3n) is 3.86. The van der Waals surface area contributed by atoms with E-state index in [1.165, 1.54) is 12.8 Å². The molecule has 1 aliphatic heterocycles. The van der Waals surface area contributed by atoms with Gasteiger partial charge in [0, 0.05) is 19.0 Å². The number of nitrogens with zero attached hydrogens (tertiary/aromatic N) is 1. The highest BCUT2D eigenvalue weighted by atomic mass is 16.4. The van der Waals surface area contributed by atoms with Crippen LogP contribution in [0, 0.1) is 11.8 Å². The number of amides is 1. The van der Waals surface area contributed by atoms with Gasteiger partial charge >= 0.3 is 5.97 Å². The van der Waals surface area contributed by atoms with Crippen molar-refractivity contribution in [2.24, 2.45) is 11.8 Å². The van der Waals surface area contributed by atoms with E-state index < -0.39 is 5.97 Å². The van der Waals surface area contributed by atoms with Crippen molar-refractivity contribution in [2.75, 3.05) is 13.1 Å². The Balaban J connectivity index is 1.84. The molecule has 0 radical (unpaired) electrons. The van der Waals surface area contributed by atoms with Crippen LogP contribution < -0.4 is 0 Å². The lowest BCUT2D eigenvalue weighted by molar-refractivity contribution is -0.146. The van der Waals surface area contributed by atoms with Gasteiger partial charge in [0.05, 0.1) is 5.92 Å². The Morgan fingerprint density at radius 1 is 0.938 bits per heavy atom. The van der Waals surface area contributed by atoms with Crippen LogP contribution in [0.1, 0.15) is 38.5 Å². The first-order valence-corrected chi connectivity index (χ1v) is 6.20. The molecule has 0 aromatic heterocycles. The monoisotopic (exact) mass is 225 g/mol. The van der Waals surface area contributed by atoms with Gasteiger partial charge in [0.25, 0.3) is 0 Å². The molecule has 1 N–H and O–H groups in total. The fourth-order valence-electron chi connectivity index (χ4n) is 2.78. The summed E-state index contributed by atoms with van der Waals surface area (Å²) in [6, 6.07) is 0. The molecule has 0 bridgehead atoms. The third kappa shape index (κ3) is 2.36. The summed E-state index contributed by atoms with van der Waals surface area (Å²) in [6.07, 6.45) is 5.63. The molecule has 0 unspecified atom stereocenters. The number of hydrogen-bond acceptors (Lipinski definition) is 2. The first kappa shape index (κ1) is 11.4. The summed E-state index contributed by atoms with van der Waals surface area (Å²) < 4.78 is 0. The molecule has 0 atom stereocenters. The van der Waals surface area contributed by atoms with E-state index in [9.17, 15) is 9.59 Å². The fraction of sp³-hybridized carbons (Fsp3) is 0.833. The Bertz CT molecular complexity index is 276. The maximum absolute atomic E-state index is 12.1. The van der Waals surface area contributed by atoms with Gasteiger partial charge in [-0.3, -0.25) is 9.59 Å². The van der Waals surface area contributed by atoms with Crippen molar-refractivity contribution < 1.29 is 14.7 Å². The number of carbonyl (C=O) groups is 2. The summed E-state index contributed by atoms with van der Waals surface area (Å²) in [5.74, 6) is -0.469. The molecule has 4 heteroatoms. The summed E-state index contributed by atoms with van der Waals surface area (Å²) in [5.41, 5.74) is 0. The van der Waals surface area contributed by atoms with Crippen LogP contribution in [0.3, 0.4) is 0 Å². The van der Waals surface area contributed by atoms with Crippen LogP contribution in [-0.4, -0.2) is 35.0 Å². The van der Waals surface area contributed by atoms with Gasteiger partial charge in [0.15, 0.2) is 0 Å². The van der Waals surface area contributed by atoms with Gasteiger partial charge in [-0.05, 0) is 25.7 Å². The Kier molecular flexibility index (Phi) is 3.46. The predicted octanol–water partition coefficient (Wildman–Crippen LogP) is 1.50. The number of piperidine rings is 1. The average molecular weight is 225 g/mol. The second kappa shape index (κ2) is 4.85. The highest BCUT2D eigenvalue weighted by Gasteiger charge is 2.31. The highest BCUT2D eigenvalue weighted by molar-refractivity contribution is 5.79. The minimum absolute atomic E-state index is 0.223. The zero-order valence-corrected chi connectivity index (χ0v) is 9.52. The molecule has 0 spiro atoms. The number of hydrogen-bond donors (Lipinski definition) is 1. The summed E-state index contributed by atoms with van der Waals surface area (Å²) in [5, 5.41) is 8.87. The van der Waals surface area contributed by atoms with Crippen molar-refractivity contribution in [1.82, 2.24) is 4.90 Å². The quantitative estimate of drug-likeness (QED) is 0.774. The Morgan fingerprint density at radius 3 is 2.00 bits per heavy atom. The van der Waals surface area contributed by atoms with Gasteiger partial charge < -0.3 is 10.0 Å².